The molecule has 0 aliphatic carbocycles. The van der Waals surface area contributed by atoms with Crippen molar-refractivity contribution in [1.82, 2.24) is 4.98 Å². The first-order valence-corrected chi connectivity index (χ1v) is 5.84. The molecule has 2 rings (SSSR count). The summed E-state index contributed by atoms with van der Waals surface area (Å²) >= 11 is 4.42. The number of nitrogens with zero attached hydrogens (tertiary/aromatic N) is 1. The number of aromatic nitrogens is 1. The van der Waals surface area contributed by atoms with Gasteiger partial charge in [0.25, 0.3) is 0 Å². The number of benzene rings is 1. The molecule has 17 heavy (non-hydrogen) atoms. The molecule has 0 saturated carbocycles. The molecule has 0 aliphatic rings. The highest BCUT2D eigenvalue weighted by Crippen LogP contribution is 2.19. The van der Waals surface area contributed by atoms with E-state index in [1.807, 2.05) is 44.2 Å². The number of hydrogen-bond donors (Lipinski definition) is 2. The minimum absolute atomic E-state index is 0.461. The fourth-order valence-electron chi connectivity index (χ4n) is 1.62. The average Bonchev–Trinajstić information content (AvgIpc) is 2.29. The quantitative estimate of drug-likeness (QED) is 0.614. The SMILES string of the molecule is Cc1ccc(C(=N)c2ccc(C)nc2)c(S)c1. The van der Waals surface area contributed by atoms with Gasteiger partial charge in [0.2, 0.25) is 0 Å². The second-order valence-electron chi connectivity index (χ2n) is 4.08. The summed E-state index contributed by atoms with van der Waals surface area (Å²) in [5, 5.41) is 8.16. The fraction of sp³-hybridized carbons (Fsp3) is 0.143. The number of rotatable bonds is 2. The third-order valence-electron chi connectivity index (χ3n) is 2.62. The highest BCUT2D eigenvalue weighted by molar-refractivity contribution is 7.80. The monoisotopic (exact) mass is 242 g/mol. The molecule has 0 fully saturated rings. The summed E-state index contributed by atoms with van der Waals surface area (Å²) in [5.41, 5.74) is 4.21. The lowest BCUT2D eigenvalue weighted by Gasteiger charge is -2.08. The molecule has 2 aromatic rings. The zero-order chi connectivity index (χ0) is 12.4. The van der Waals surface area contributed by atoms with E-state index in [9.17, 15) is 0 Å². The highest BCUT2D eigenvalue weighted by Gasteiger charge is 2.08. The molecule has 0 saturated heterocycles. The van der Waals surface area contributed by atoms with Gasteiger partial charge in [-0.25, -0.2) is 0 Å². The number of pyridine rings is 1. The molecule has 0 aliphatic heterocycles. The van der Waals surface area contributed by atoms with E-state index in [2.05, 4.69) is 17.6 Å². The Morgan fingerprint density at radius 3 is 2.53 bits per heavy atom. The van der Waals surface area contributed by atoms with Crippen LogP contribution >= 0.6 is 12.6 Å². The predicted octanol–water partition coefficient (Wildman–Crippen LogP) is 3.40. The third kappa shape index (κ3) is 2.56. The van der Waals surface area contributed by atoms with Gasteiger partial charge >= 0.3 is 0 Å². The number of nitrogens with one attached hydrogen (secondary N) is 1. The van der Waals surface area contributed by atoms with Gasteiger partial charge in [-0.15, -0.1) is 12.6 Å². The lowest BCUT2D eigenvalue weighted by molar-refractivity contribution is 1.19. The Kier molecular flexibility index (Phi) is 3.29. The molecule has 0 atom stereocenters. The molecule has 1 heterocycles. The van der Waals surface area contributed by atoms with Crippen LogP contribution in [0.25, 0.3) is 0 Å². The summed E-state index contributed by atoms with van der Waals surface area (Å²) in [6.45, 7) is 3.95. The van der Waals surface area contributed by atoms with Gasteiger partial charge < -0.3 is 0 Å². The smallest absolute Gasteiger partial charge is 0.0711 e. The minimum Gasteiger partial charge on any atom is -0.300 e. The summed E-state index contributed by atoms with van der Waals surface area (Å²) in [4.78, 5) is 5.04. The van der Waals surface area contributed by atoms with Crippen molar-refractivity contribution < 1.29 is 0 Å². The Morgan fingerprint density at radius 2 is 1.94 bits per heavy atom. The molecule has 1 N–H and O–H groups in total. The second kappa shape index (κ2) is 4.72. The zero-order valence-electron chi connectivity index (χ0n) is 9.86. The maximum atomic E-state index is 8.16. The fourth-order valence-corrected chi connectivity index (χ4v) is 2.01. The highest BCUT2D eigenvalue weighted by atomic mass is 32.1. The first-order chi connectivity index (χ1) is 8.08. The first-order valence-electron chi connectivity index (χ1n) is 5.39. The summed E-state index contributed by atoms with van der Waals surface area (Å²) in [6, 6.07) is 9.72. The minimum atomic E-state index is 0.461. The number of thiol groups is 1. The summed E-state index contributed by atoms with van der Waals surface area (Å²) in [6.07, 6.45) is 1.73. The summed E-state index contributed by atoms with van der Waals surface area (Å²) in [7, 11) is 0. The van der Waals surface area contributed by atoms with Gasteiger partial charge in [0.1, 0.15) is 0 Å². The molecule has 1 aromatic heterocycles. The van der Waals surface area contributed by atoms with Crippen LogP contribution in [0.2, 0.25) is 0 Å². The predicted molar refractivity (Wildman–Crippen MR) is 73.3 cm³/mol. The van der Waals surface area contributed by atoms with Gasteiger partial charge in [0.15, 0.2) is 0 Å². The van der Waals surface area contributed by atoms with Crippen LogP contribution in [0.15, 0.2) is 41.4 Å². The van der Waals surface area contributed by atoms with Crippen LogP contribution in [0, 0.1) is 19.3 Å². The van der Waals surface area contributed by atoms with Crippen molar-refractivity contribution in [3.63, 3.8) is 0 Å². The molecule has 1 aromatic carbocycles. The van der Waals surface area contributed by atoms with Crippen molar-refractivity contribution in [3.8, 4) is 0 Å². The maximum Gasteiger partial charge on any atom is 0.0711 e. The molecule has 2 nitrogen and oxygen atoms in total. The van der Waals surface area contributed by atoms with Gasteiger partial charge in [-0.2, -0.15) is 0 Å². The largest absolute Gasteiger partial charge is 0.300 e. The Labute approximate surface area is 107 Å². The molecule has 3 heteroatoms. The van der Waals surface area contributed by atoms with Crippen LogP contribution in [-0.2, 0) is 0 Å². The molecule has 0 bridgehead atoms. The molecule has 0 unspecified atom stereocenters. The van der Waals surface area contributed by atoms with E-state index in [1.54, 1.807) is 6.20 Å². The van der Waals surface area contributed by atoms with Crippen molar-refractivity contribution >= 4 is 18.3 Å². The number of aryl methyl sites for hydroxylation is 2. The molecule has 0 radical (unpaired) electrons. The van der Waals surface area contributed by atoms with E-state index in [-0.39, 0.29) is 0 Å². The van der Waals surface area contributed by atoms with Crippen LogP contribution in [0.4, 0.5) is 0 Å². The van der Waals surface area contributed by atoms with Crippen LogP contribution in [0.3, 0.4) is 0 Å². The van der Waals surface area contributed by atoms with Gasteiger partial charge in [0.05, 0.1) is 5.71 Å². The molecule has 86 valence electrons. The van der Waals surface area contributed by atoms with Crippen molar-refractivity contribution in [2.75, 3.05) is 0 Å². The lowest BCUT2D eigenvalue weighted by atomic mass is 10.0. The van der Waals surface area contributed by atoms with Crippen LogP contribution in [0.1, 0.15) is 22.4 Å². The first kappa shape index (κ1) is 11.9. The van der Waals surface area contributed by atoms with Gasteiger partial charge in [-0.1, -0.05) is 12.1 Å². The zero-order valence-corrected chi connectivity index (χ0v) is 10.8. The van der Waals surface area contributed by atoms with Gasteiger partial charge in [-0.3, -0.25) is 10.4 Å². The van der Waals surface area contributed by atoms with Crippen LogP contribution in [-0.4, -0.2) is 10.7 Å². The summed E-state index contributed by atoms with van der Waals surface area (Å²) < 4.78 is 0. The van der Waals surface area contributed by atoms with Crippen molar-refractivity contribution in [2.24, 2.45) is 0 Å². The maximum absolute atomic E-state index is 8.16. The van der Waals surface area contributed by atoms with Crippen molar-refractivity contribution in [2.45, 2.75) is 18.7 Å². The standard InChI is InChI=1S/C14H14N2S/c1-9-3-6-12(13(17)7-9)14(15)11-5-4-10(2)16-8-11/h3-8,15,17H,1-2H3. The normalized spacial score (nSPS) is 10.3. The van der Waals surface area contributed by atoms with Gasteiger partial charge in [-0.05, 0) is 37.6 Å². The Morgan fingerprint density at radius 1 is 1.18 bits per heavy atom. The van der Waals surface area contributed by atoms with E-state index in [0.717, 1.165) is 27.3 Å². The van der Waals surface area contributed by atoms with Crippen molar-refractivity contribution in [1.29, 1.82) is 5.41 Å². The topological polar surface area (TPSA) is 36.7 Å². The van der Waals surface area contributed by atoms with Crippen molar-refractivity contribution in [3.05, 3.63) is 58.9 Å². The lowest BCUT2D eigenvalue weighted by Crippen LogP contribution is -2.03. The van der Waals surface area contributed by atoms with E-state index in [4.69, 9.17) is 5.41 Å². The molecule has 0 spiro atoms. The number of hydrogen-bond acceptors (Lipinski definition) is 3. The average molecular weight is 242 g/mol. The summed E-state index contributed by atoms with van der Waals surface area (Å²) in [5.74, 6) is 0. The second-order valence-corrected chi connectivity index (χ2v) is 4.57. The van der Waals surface area contributed by atoms with Gasteiger partial charge in [0, 0.05) is 27.9 Å². The van der Waals surface area contributed by atoms with E-state index in [1.165, 1.54) is 0 Å². The van der Waals surface area contributed by atoms with E-state index >= 15 is 0 Å². The molecule has 0 amide bonds. The molecular weight excluding hydrogens is 228 g/mol. The Balaban J connectivity index is 2.40. The van der Waals surface area contributed by atoms with E-state index in [0.29, 0.717) is 5.71 Å². The van der Waals surface area contributed by atoms with Crippen LogP contribution in [0.5, 0.6) is 0 Å². The van der Waals surface area contributed by atoms with E-state index < -0.39 is 0 Å². The van der Waals surface area contributed by atoms with Crippen LogP contribution < -0.4 is 0 Å². The Bertz CT molecular complexity index is 559. The molecular formula is C14H14N2S. The third-order valence-corrected chi connectivity index (χ3v) is 2.99. The Hall–Kier alpha value is -1.61.